The van der Waals surface area contributed by atoms with Crippen molar-refractivity contribution in [2.45, 2.75) is 51.0 Å². The van der Waals surface area contributed by atoms with Crippen LogP contribution < -0.4 is 0 Å². The molecule has 7 heteroatoms. The zero-order valence-electron chi connectivity index (χ0n) is 15.9. The molecule has 148 valence electrons. The van der Waals surface area contributed by atoms with E-state index >= 15 is 0 Å². The summed E-state index contributed by atoms with van der Waals surface area (Å²) >= 11 is 1.47. The predicted molar refractivity (Wildman–Crippen MR) is 107 cm³/mol. The van der Waals surface area contributed by atoms with Crippen molar-refractivity contribution < 1.29 is 14.3 Å². The van der Waals surface area contributed by atoms with Gasteiger partial charge in [-0.25, -0.2) is 4.98 Å². The topological polar surface area (TPSA) is 72.4 Å². The summed E-state index contributed by atoms with van der Waals surface area (Å²) in [5.41, 5.74) is 1.58. The van der Waals surface area contributed by atoms with Crippen molar-refractivity contribution in [2.75, 3.05) is 13.2 Å². The Bertz CT molecular complexity index is 821. The fraction of sp³-hybridized carbons (Fsp3) is 0.524. The van der Waals surface area contributed by atoms with Gasteiger partial charge in [0.25, 0.3) is 5.91 Å². The summed E-state index contributed by atoms with van der Waals surface area (Å²) < 4.78 is 5.28. The molecule has 0 spiro atoms. The Morgan fingerprint density at radius 1 is 1.21 bits per heavy atom. The maximum absolute atomic E-state index is 12.6. The second-order valence-corrected chi connectivity index (χ2v) is 8.42. The zero-order chi connectivity index (χ0) is 19.3. The van der Waals surface area contributed by atoms with Crippen LogP contribution in [-0.4, -0.2) is 45.9 Å². The number of rotatable bonds is 5. The Morgan fingerprint density at radius 3 is 2.93 bits per heavy atom. The summed E-state index contributed by atoms with van der Waals surface area (Å²) in [6, 6.07) is 4.13. The summed E-state index contributed by atoms with van der Waals surface area (Å²) in [7, 11) is 0. The molecule has 0 bridgehead atoms. The van der Waals surface area contributed by atoms with Crippen LogP contribution in [0.1, 0.15) is 44.2 Å². The highest BCUT2D eigenvalue weighted by molar-refractivity contribution is 7.13. The van der Waals surface area contributed by atoms with Crippen LogP contribution in [-0.2, 0) is 20.7 Å². The van der Waals surface area contributed by atoms with Crippen LogP contribution in [0.5, 0.6) is 0 Å². The van der Waals surface area contributed by atoms with Gasteiger partial charge >= 0.3 is 5.97 Å². The first kappa shape index (κ1) is 19.1. The molecular formula is C21H25N3O3S. The molecule has 0 N–H and O–H groups in total. The minimum Gasteiger partial charge on any atom is -0.455 e. The molecule has 4 rings (SSSR count). The van der Waals surface area contributed by atoms with Crippen LogP contribution in [0.25, 0.3) is 10.6 Å². The Labute approximate surface area is 168 Å². The maximum atomic E-state index is 12.6. The number of aromatic nitrogens is 2. The number of thiazole rings is 1. The summed E-state index contributed by atoms with van der Waals surface area (Å²) in [5.74, 6) is 0.163. The van der Waals surface area contributed by atoms with E-state index < -0.39 is 5.97 Å². The van der Waals surface area contributed by atoms with E-state index in [0.717, 1.165) is 30.0 Å². The molecule has 2 fully saturated rings. The van der Waals surface area contributed by atoms with Gasteiger partial charge < -0.3 is 9.64 Å². The fourth-order valence-electron chi connectivity index (χ4n) is 4.37. The molecule has 1 aliphatic carbocycles. The van der Waals surface area contributed by atoms with Gasteiger partial charge in [-0.1, -0.05) is 12.8 Å². The minimum absolute atomic E-state index is 0.0562. The predicted octanol–water partition coefficient (Wildman–Crippen LogP) is 3.47. The molecule has 2 atom stereocenters. The third-order valence-electron chi connectivity index (χ3n) is 5.71. The van der Waals surface area contributed by atoms with Crippen LogP contribution in [0.2, 0.25) is 0 Å². The summed E-state index contributed by atoms with van der Waals surface area (Å²) in [4.78, 5) is 35.3. The number of hydrogen-bond acceptors (Lipinski definition) is 6. The van der Waals surface area contributed by atoms with E-state index in [-0.39, 0.29) is 18.9 Å². The van der Waals surface area contributed by atoms with Crippen molar-refractivity contribution in [3.63, 3.8) is 0 Å². The van der Waals surface area contributed by atoms with E-state index in [2.05, 4.69) is 9.97 Å². The molecule has 1 saturated heterocycles. The SMILES string of the molecule is O=C(Cc1csc(-c2cccnc2)n1)OCC(=O)N1CCC[C@H]2CCCC[C@@H]21. The van der Waals surface area contributed by atoms with E-state index in [9.17, 15) is 9.59 Å². The highest BCUT2D eigenvalue weighted by Gasteiger charge is 2.35. The van der Waals surface area contributed by atoms with Crippen LogP contribution in [0.15, 0.2) is 29.9 Å². The maximum Gasteiger partial charge on any atom is 0.312 e. The number of piperidine rings is 1. The highest BCUT2D eigenvalue weighted by Crippen LogP contribution is 2.35. The van der Waals surface area contributed by atoms with Gasteiger partial charge in [0, 0.05) is 35.9 Å². The van der Waals surface area contributed by atoms with E-state index in [1.165, 1.54) is 37.0 Å². The summed E-state index contributed by atoms with van der Waals surface area (Å²) in [6.45, 7) is 0.625. The number of ether oxygens (including phenoxy) is 1. The lowest BCUT2D eigenvalue weighted by molar-refractivity contribution is -0.154. The van der Waals surface area contributed by atoms with Crippen LogP contribution >= 0.6 is 11.3 Å². The first-order chi connectivity index (χ1) is 13.7. The Morgan fingerprint density at radius 2 is 2.07 bits per heavy atom. The number of hydrogen-bond donors (Lipinski definition) is 0. The summed E-state index contributed by atoms with van der Waals surface area (Å²) in [5, 5.41) is 2.67. The number of pyridine rings is 1. The van der Waals surface area contributed by atoms with Crippen molar-refractivity contribution in [1.82, 2.24) is 14.9 Å². The zero-order valence-corrected chi connectivity index (χ0v) is 16.7. The second-order valence-electron chi connectivity index (χ2n) is 7.56. The summed E-state index contributed by atoms with van der Waals surface area (Å²) in [6.07, 6.45) is 10.6. The molecule has 3 heterocycles. The van der Waals surface area contributed by atoms with Crippen molar-refractivity contribution in [3.8, 4) is 10.6 Å². The largest absolute Gasteiger partial charge is 0.455 e. The fourth-order valence-corrected chi connectivity index (χ4v) is 5.18. The third-order valence-corrected chi connectivity index (χ3v) is 6.65. The molecule has 1 saturated carbocycles. The number of fused-ring (bicyclic) bond motifs is 1. The molecule has 6 nitrogen and oxygen atoms in total. The Balaban J connectivity index is 1.28. The quantitative estimate of drug-likeness (QED) is 0.720. The standard InChI is InChI=1S/C21H25N3O3S/c25-19(24-10-4-7-15-5-1-2-8-18(15)24)13-27-20(26)11-17-14-28-21(23-17)16-6-3-9-22-12-16/h3,6,9,12,14-15,18H,1-2,4-5,7-8,10-11,13H2/t15-,18+/m1/s1. The molecule has 2 aromatic rings. The molecule has 2 aliphatic rings. The van der Waals surface area contributed by atoms with Crippen LogP contribution in [0.3, 0.4) is 0 Å². The lowest BCUT2D eigenvalue weighted by atomic mass is 9.78. The Kier molecular flexibility index (Phi) is 6.00. The number of esters is 1. The van der Waals surface area contributed by atoms with Crippen LogP contribution in [0, 0.1) is 5.92 Å². The van der Waals surface area contributed by atoms with Gasteiger partial charge in [-0.15, -0.1) is 11.3 Å². The number of likely N-dealkylation sites (tertiary alicyclic amines) is 1. The number of carbonyl (C=O) groups excluding carboxylic acids is 2. The van der Waals surface area contributed by atoms with Gasteiger partial charge in [0.2, 0.25) is 0 Å². The highest BCUT2D eigenvalue weighted by atomic mass is 32.1. The van der Waals surface area contributed by atoms with Gasteiger partial charge in [0.15, 0.2) is 6.61 Å². The minimum atomic E-state index is -0.409. The number of amides is 1. The van der Waals surface area contributed by atoms with Crippen LogP contribution in [0.4, 0.5) is 0 Å². The molecular weight excluding hydrogens is 374 g/mol. The second kappa shape index (κ2) is 8.82. The average Bonchev–Trinajstić information content (AvgIpc) is 3.20. The molecule has 1 aliphatic heterocycles. The first-order valence-corrected chi connectivity index (χ1v) is 10.9. The van der Waals surface area contributed by atoms with Gasteiger partial charge in [0.05, 0.1) is 12.1 Å². The third kappa shape index (κ3) is 4.41. The monoisotopic (exact) mass is 399 g/mol. The normalized spacial score (nSPS) is 21.8. The van der Waals surface area contributed by atoms with Crippen molar-refractivity contribution in [3.05, 3.63) is 35.6 Å². The lowest BCUT2D eigenvalue weighted by Crippen LogP contribution is -2.50. The Hall–Kier alpha value is -2.28. The first-order valence-electron chi connectivity index (χ1n) is 10.0. The lowest BCUT2D eigenvalue weighted by Gasteiger charge is -2.44. The van der Waals surface area contributed by atoms with E-state index in [1.807, 2.05) is 22.4 Å². The van der Waals surface area contributed by atoms with Gasteiger partial charge in [0.1, 0.15) is 5.01 Å². The number of carbonyl (C=O) groups is 2. The van der Waals surface area contributed by atoms with Gasteiger partial charge in [-0.2, -0.15) is 0 Å². The van der Waals surface area contributed by atoms with E-state index in [4.69, 9.17) is 4.74 Å². The van der Waals surface area contributed by atoms with Crippen molar-refractivity contribution in [1.29, 1.82) is 0 Å². The molecule has 0 unspecified atom stereocenters. The van der Waals surface area contributed by atoms with E-state index in [0.29, 0.717) is 17.7 Å². The molecule has 0 aromatic carbocycles. The smallest absolute Gasteiger partial charge is 0.312 e. The van der Waals surface area contributed by atoms with E-state index in [1.54, 1.807) is 12.4 Å². The molecule has 28 heavy (non-hydrogen) atoms. The van der Waals surface area contributed by atoms with Gasteiger partial charge in [-0.3, -0.25) is 14.6 Å². The van der Waals surface area contributed by atoms with Gasteiger partial charge in [-0.05, 0) is 43.7 Å². The van der Waals surface area contributed by atoms with Crippen molar-refractivity contribution in [2.24, 2.45) is 5.92 Å². The average molecular weight is 400 g/mol. The molecule has 1 amide bonds. The molecule has 2 aromatic heterocycles. The van der Waals surface area contributed by atoms with Crippen molar-refractivity contribution >= 4 is 23.2 Å². The molecule has 0 radical (unpaired) electrons. The number of nitrogens with zero attached hydrogens (tertiary/aromatic N) is 3.